The number of furan rings is 1. The molecule has 0 amide bonds. The number of hydrogen-bond donors (Lipinski definition) is 1. The molecule has 214 valence electrons. The Morgan fingerprint density at radius 2 is 1.36 bits per heavy atom. The zero-order chi connectivity index (χ0) is 29.9. The molecule has 1 atom stereocenters. The molecule has 2 aromatic heterocycles. The Balaban J connectivity index is 1.28. The van der Waals surface area contributed by atoms with Crippen molar-refractivity contribution in [2.75, 3.05) is 0 Å². The van der Waals surface area contributed by atoms with E-state index in [4.69, 9.17) is 9.41 Å². The molecule has 1 aliphatic carbocycles. The number of nitrogens with zero attached hydrogens (tertiary/aromatic N) is 2. The van der Waals surface area contributed by atoms with Crippen LogP contribution in [-0.2, 0) is 5.41 Å². The van der Waals surface area contributed by atoms with Crippen LogP contribution in [0, 0.1) is 0 Å². The largest absolute Gasteiger partial charge is 0.456 e. The lowest BCUT2D eigenvalue weighted by Gasteiger charge is -2.32. The van der Waals surface area contributed by atoms with Gasteiger partial charge >= 0.3 is 0 Å². The first-order valence-electron chi connectivity index (χ1n) is 15.6. The van der Waals surface area contributed by atoms with Gasteiger partial charge in [-0.1, -0.05) is 105 Å². The minimum Gasteiger partial charge on any atom is -0.456 e. The molecule has 0 saturated heterocycles. The number of nitrogens with one attached hydrogen (secondary N) is 1. The summed E-state index contributed by atoms with van der Waals surface area (Å²) in [5.41, 5.74) is 9.94. The molecule has 1 N–H and O–H groups in total. The number of aliphatic imine (C=N–C) groups is 1. The summed E-state index contributed by atoms with van der Waals surface area (Å²) in [6, 6.07) is 45.6. The summed E-state index contributed by atoms with van der Waals surface area (Å²) < 4.78 is 8.60. The highest BCUT2D eigenvalue weighted by atomic mass is 16.3. The molecule has 0 bridgehead atoms. The van der Waals surface area contributed by atoms with Gasteiger partial charge in [0.2, 0.25) is 0 Å². The summed E-state index contributed by atoms with van der Waals surface area (Å²) in [7, 11) is 0. The van der Waals surface area contributed by atoms with Crippen molar-refractivity contribution >= 4 is 66.0 Å². The fraction of sp³-hybridized carbons (Fsp3) is 0.0976. The van der Waals surface area contributed by atoms with Crippen molar-refractivity contribution in [3.8, 4) is 0 Å². The quantitative estimate of drug-likeness (QED) is 0.210. The van der Waals surface area contributed by atoms with Gasteiger partial charge in [-0.15, -0.1) is 0 Å². The zero-order valence-electron chi connectivity index (χ0n) is 25.0. The minimum absolute atomic E-state index is 0.248. The lowest BCUT2D eigenvalue weighted by Crippen LogP contribution is -2.34. The molecule has 4 nitrogen and oxygen atoms in total. The van der Waals surface area contributed by atoms with E-state index < -0.39 is 0 Å². The van der Waals surface area contributed by atoms with E-state index in [-0.39, 0.29) is 11.6 Å². The molecule has 0 saturated carbocycles. The van der Waals surface area contributed by atoms with Gasteiger partial charge in [0, 0.05) is 38.1 Å². The predicted octanol–water partition coefficient (Wildman–Crippen LogP) is 10.1. The van der Waals surface area contributed by atoms with Gasteiger partial charge in [0.15, 0.2) is 0 Å². The number of hydrogen-bond acceptors (Lipinski definition) is 3. The SMILES string of the molecule is CC1(C)C2=C(NC(c3ccc4oc5ccccc5c4c3)N=C2n2c3ccccc3c3cc4ccccc4cc32)c2ccccc21. The van der Waals surface area contributed by atoms with Crippen LogP contribution in [0.2, 0.25) is 0 Å². The van der Waals surface area contributed by atoms with Crippen molar-refractivity contribution in [3.63, 3.8) is 0 Å². The van der Waals surface area contributed by atoms with Gasteiger partial charge in [0.25, 0.3) is 0 Å². The molecule has 2 aliphatic rings. The molecular weight excluding hydrogens is 550 g/mol. The Morgan fingerprint density at radius 3 is 2.24 bits per heavy atom. The minimum atomic E-state index is -0.282. The number of fused-ring (bicyclic) bond motifs is 9. The Bertz CT molecular complexity index is 2610. The topological polar surface area (TPSA) is 42.5 Å². The highest BCUT2D eigenvalue weighted by Crippen LogP contribution is 2.50. The van der Waals surface area contributed by atoms with E-state index in [9.17, 15) is 0 Å². The second kappa shape index (κ2) is 8.73. The maximum absolute atomic E-state index is 6.18. The van der Waals surface area contributed by atoms with E-state index >= 15 is 0 Å². The third kappa shape index (κ3) is 3.34. The Kier molecular flexibility index (Phi) is 4.81. The van der Waals surface area contributed by atoms with Crippen LogP contribution in [0.1, 0.15) is 36.7 Å². The summed E-state index contributed by atoms with van der Waals surface area (Å²) in [5, 5.41) is 11.1. The smallest absolute Gasteiger partial charge is 0.147 e. The molecule has 45 heavy (non-hydrogen) atoms. The second-order valence-electron chi connectivity index (χ2n) is 12.8. The van der Waals surface area contributed by atoms with Crippen LogP contribution >= 0.6 is 0 Å². The summed E-state index contributed by atoms with van der Waals surface area (Å²) in [6.07, 6.45) is -0.282. The van der Waals surface area contributed by atoms with Gasteiger partial charge in [-0.05, 0) is 58.3 Å². The van der Waals surface area contributed by atoms with E-state index in [0.717, 1.165) is 44.6 Å². The van der Waals surface area contributed by atoms with Gasteiger partial charge in [0.1, 0.15) is 23.2 Å². The van der Waals surface area contributed by atoms with E-state index in [0.29, 0.717) is 0 Å². The molecule has 4 heteroatoms. The van der Waals surface area contributed by atoms with Crippen molar-refractivity contribution in [1.82, 2.24) is 9.88 Å². The molecule has 6 aromatic carbocycles. The maximum atomic E-state index is 6.18. The third-order valence-corrected chi connectivity index (χ3v) is 9.97. The molecule has 1 aliphatic heterocycles. The van der Waals surface area contributed by atoms with Gasteiger partial charge in [-0.2, -0.15) is 0 Å². The first-order valence-corrected chi connectivity index (χ1v) is 15.6. The standard InChI is InChI=1S/C41H29N3O/c1-41(2)32-16-8-5-15-29(32)38-37(41)40(43-39(42-38)26-19-20-36-31(22-26)28-14-7-10-18-35(28)45-36)44-33-17-9-6-13-27(33)30-21-24-11-3-4-12-25(24)23-34(30)44/h3-23,39,42H,1-2H3. The van der Waals surface area contributed by atoms with Gasteiger partial charge in [0.05, 0.1) is 16.7 Å². The Morgan fingerprint density at radius 1 is 0.644 bits per heavy atom. The molecule has 0 fully saturated rings. The zero-order valence-corrected chi connectivity index (χ0v) is 25.0. The highest BCUT2D eigenvalue weighted by Gasteiger charge is 2.44. The molecule has 8 aromatic rings. The summed E-state index contributed by atoms with van der Waals surface area (Å²) in [5.74, 6) is 0.994. The van der Waals surface area contributed by atoms with Crippen LogP contribution in [0.4, 0.5) is 0 Å². The average Bonchev–Trinajstić information content (AvgIpc) is 3.68. The second-order valence-corrected chi connectivity index (χ2v) is 12.8. The number of para-hydroxylation sites is 2. The number of benzene rings is 6. The number of allylic oxidation sites excluding steroid dienone is 1. The normalized spacial score (nSPS) is 17.3. The fourth-order valence-corrected chi connectivity index (χ4v) is 7.85. The molecule has 10 rings (SSSR count). The van der Waals surface area contributed by atoms with Crippen LogP contribution in [0.5, 0.6) is 0 Å². The van der Waals surface area contributed by atoms with Crippen molar-refractivity contribution < 1.29 is 4.42 Å². The third-order valence-electron chi connectivity index (χ3n) is 9.97. The number of aromatic nitrogens is 1. The van der Waals surface area contributed by atoms with Gasteiger partial charge < -0.3 is 9.73 Å². The Labute approximate surface area is 259 Å². The van der Waals surface area contributed by atoms with Crippen molar-refractivity contribution in [3.05, 3.63) is 150 Å². The van der Waals surface area contributed by atoms with Crippen LogP contribution in [0.25, 0.3) is 60.2 Å². The van der Waals surface area contributed by atoms with E-state index in [2.05, 4.69) is 139 Å². The summed E-state index contributed by atoms with van der Waals surface area (Å²) in [4.78, 5) is 5.65. The highest BCUT2D eigenvalue weighted by molar-refractivity contribution is 6.23. The molecule has 1 unspecified atom stereocenters. The molecule has 0 spiro atoms. The van der Waals surface area contributed by atoms with Crippen LogP contribution in [-0.4, -0.2) is 10.4 Å². The maximum Gasteiger partial charge on any atom is 0.147 e. The monoisotopic (exact) mass is 579 g/mol. The first-order chi connectivity index (χ1) is 22.1. The summed E-state index contributed by atoms with van der Waals surface area (Å²) >= 11 is 0. The van der Waals surface area contributed by atoms with Crippen molar-refractivity contribution in [2.45, 2.75) is 25.4 Å². The van der Waals surface area contributed by atoms with Gasteiger partial charge in [-0.25, -0.2) is 4.99 Å². The fourth-order valence-electron chi connectivity index (χ4n) is 7.85. The van der Waals surface area contributed by atoms with Crippen LogP contribution in [0.15, 0.2) is 142 Å². The Hall–Kier alpha value is -5.61. The van der Waals surface area contributed by atoms with Crippen LogP contribution < -0.4 is 5.32 Å². The molecule has 3 heterocycles. The number of rotatable bonds is 1. The van der Waals surface area contributed by atoms with E-state index in [1.165, 1.54) is 43.8 Å². The predicted molar refractivity (Wildman–Crippen MR) is 186 cm³/mol. The van der Waals surface area contributed by atoms with E-state index in [1.807, 2.05) is 12.1 Å². The molecular formula is C41H29N3O. The average molecular weight is 580 g/mol. The van der Waals surface area contributed by atoms with E-state index in [1.54, 1.807) is 0 Å². The van der Waals surface area contributed by atoms with Crippen molar-refractivity contribution in [2.24, 2.45) is 4.99 Å². The lowest BCUT2D eigenvalue weighted by molar-refractivity contribution is 0.621. The van der Waals surface area contributed by atoms with Crippen molar-refractivity contribution in [1.29, 1.82) is 0 Å². The van der Waals surface area contributed by atoms with Gasteiger partial charge in [-0.3, -0.25) is 4.57 Å². The first kappa shape index (κ1) is 24.8. The lowest BCUT2D eigenvalue weighted by atomic mass is 9.80. The summed E-state index contributed by atoms with van der Waals surface area (Å²) in [6.45, 7) is 4.66. The van der Waals surface area contributed by atoms with Crippen LogP contribution in [0.3, 0.4) is 0 Å². The molecule has 0 radical (unpaired) electrons.